The van der Waals surface area contributed by atoms with Gasteiger partial charge in [0.1, 0.15) is 0 Å². The number of ether oxygens (including phenoxy) is 1. The van der Waals surface area contributed by atoms with Gasteiger partial charge in [0.25, 0.3) is 5.91 Å². The van der Waals surface area contributed by atoms with Crippen molar-refractivity contribution < 1.29 is 14.3 Å². The van der Waals surface area contributed by atoms with Crippen LogP contribution in [-0.4, -0.2) is 18.5 Å². The quantitative estimate of drug-likeness (QED) is 0.477. The van der Waals surface area contributed by atoms with Gasteiger partial charge >= 0.3 is 5.97 Å². The molecule has 0 fully saturated rings. The molecule has 4 rings (SSSR count). The Morgan fingerprint density at radius 1 is 0.690 bits per heavy atom. The zero-order chi connectivity index (χ0) is 20.1. The molecule has 4 aromatic carbocycles. The third kappa shape index (κ3) is 4.33. The molecular formula is C25H19NO3. The van der Waals surface area contributed by atoms with Crippen LogP contribution in [0.3, 0.4) is 0 Å². The Morgan fingerprint density at radius 3 is 2.14 bits per heavy atom. The molecule has 4 aromatic rings. The SMILES string of the molecule is O=C(COC(=O)c1ccc(-c2ccccc2)cc1)Nc1cccc2ccccc12. The Bertz CT molecular complexity index is 1150. The number of amides is 1. The molecule has 0 atom stereocenters. The Balaban J connectivity index is 1.37. The average molecular weight is 381 g/mol. The van der Waals surface area contributed by atoms with Crippen LogP contribution in [0, 0.1) is 0 Å². The Morgan fingerprint density at radius 2 is 1.34 bits per heavy atom. The van der Waals surface area contributed by atoms with E-state index in [-0.39, 0.29) is 12.5 Å². The van der Waals surface area contributed by atoms with Gasteiger partial charge in [0.15, 0.2) is 6.61 Å². The molecule has 0 aliphatic heterocycles. The molecule has 142 valence electrons. The van der Waals surface area contributed by atoms with Crippen LogP contribution in [0.1, 0.15) is 10.4 Å². The van der Waals surface area contributed by atoms with Gasteiger partial charge in [-0.15, -0.1) is 0 Å². The van der Waals surface area contributed by atoms with Crippen LogP contribution in [-0.2, 0) is 9.53 Å². The minimum Gasteiger partial charge on any atom is -0.452 e. The molecule has 0 aliphatic carbocycles. The molecule has 29 heavy (non-hydrogen) atoms. The summed E-state index contributed by atoms with van der Waals surface area (Å²) in [6, 6.07) is 30.5. The molecule has 4 nitrogen and oxygen atoms in total. The highest BCUT2D eigenvalue weighted by atomic mass is 16.5. The molecule has 0 bridgehead atoms. The number of fused-ring (bicyclic) bond motifs is 1. The van der Waals surface area contributed by atoms with Crippen molar-refractivity contribution in [2.24, 2.45) is 0 Å². The summed E-state index contributed by atoms with van der Waals surface area (Å²) in [7, 11) is 0. The highest BCUT2D eigenvalue weighted by molar-refractivity contribution is 6.03. The maximum absolute atomic E-state index is 12.3. The number of nitrogens with one attached hydrogen (secondary N) is 1. The molecule has 0 aromatic heterocycles. The Kier molecular flexibility index (Phi) is 5.34. The second-order valence-electron chi connectivity index (χ2n) is 6.59. The zero-order valence-electron chi connectivity index (χ0n) is 15.7. The Labute approximate surface area is 168 Å². The monoisotopic (exact) mass is 381 g/mol. The smallest absolute Gasteiger partial charge is 0.338 e. The molecular weight excluding hydrogens is 362 g/mol. The highest BCUT2D eigenvalue weighted by Gasteiger charge is 2.11. The van der Waals surface area contributed by atoms with E-state index in [2.05, 4.69) is 5.32 Å². The molecule has 0 saturated heterocycles. The van der Waals surface area contributed by atoms with E-state index in [9.17, 15) is 9.59 Å². The van der Waals surface area contributed by atoms with Crippen molar-refractivity contribution in [1.29, 1.82) is 0 Å². The summed E-state index contributed by atoms with van der Waals surface area (Å²) >= 11 is 0. The second-order valence-corrected chi connectivity index (χ2v) is 6.59. The molecule has 0 radical (unpaired) electrons. The third-order valence-electron chi connectivity index (χ3n) is 4.63. The van der Waals surface area contributed by atoms with Crippen molar-refractivity contribution in [2.75, 3.05) is 11.9 Å². The van der Waals surface area contributed by atoms with Crippen molar-refractivity contribution in [3.05, 3.63) is 103 Å². The summed E-state index contributed by atoms with van der Waals surface area (Å²) in [5.41, 5.74) is 3.18. The first-order chi connectivity index (χ1) is 14.2. The van der Waals surface area contributed by atoms with Crippen LogP contribution >= 0.6 is 0 Å². The predicted molar refractivity (Wildman–Crippen MR) is 115 cm³/mol. The van der Waals surface area contributed by atoms with Gasteiger partial charge in [0.2, 0.25) is 0 Å². The van der Waals surface area contributed by atoms with E-state index < -0.39 is 5.97 Å². The van der Waals surface area contributed by atoms with Crippen LogP contribution in [0.2, 0.25) is 0 Å². The van der Waals surface area contributed by atoms with Crippen LogP contribution in [0.5, 0.6) is 0 Å². The van der Waals surface area contributed by atoms with Gasteiger partial charge in [-0.1, -0.05) is 78.9 Å². The van der Waals surface area contributed by atoms with E-state index in [1.807, 2.05) is 84.9 Å². The first kappa shape index (κ1) is 18.4. The minimum absolute atomic E-state index is 0.345. The summed E-state index contributed by atoms with van der Waals surface area (Å²) in [5, 5.41) is 4.77. The number of esters is 1. The van der Waals surface area contributed by atoms with Gasteiger partial charge in [-0.25, -0.2) is 4.79 Å². The predicted octanol–water partition coefficient (Wildman–Crippen LogP) is 5.30. The van der Waals surface area contributed by atoms with Crippen molar-refractivity contribution in [1.82, 2.24) is 0 Å². The zero-order valence-corrected chi connectivity index (χ0v) is 15.7. The topological polar surface area (TPSA) is 55.4 Å². The molecule has 0 unspecified atom stereocenters. The first-order valence-corrected chi connectivity index (χ1v) is 9.31. The van der Waals surface area contributed by atoms with Crippen LogP contribution in [0.25, 0.3) is 21.9 Å². The third-order valence-corrected chi connectivity index (χ3v) is 4.63. The fraction of sp³-hybridized carbons (Fsp3) is 0.0400. The van der Waals surface area contributed by atoms with Gasteiger partial charge < -0.3 is 10.1 Å². The van der Waals surface area contributed by atoms with Gasteiger partial charge in [-0.3, -0.25) is 4.79 Å². The van der Waals surface area contributed by atoms with E-state index in [1.165, 1.54) is 0 Å². The van der Waals surface area contributed by atoms with Crippen molar-refractivity contribution in [3.63, 3.8) is 0 Å². The van der Waals surface area contributed by atoms with Crippen molar-refractivity contribution >= 4 is 28.3 Å². The van der Waals surface area contributed by atoms with E-state index in [4.69, 9.17) is 4.74 Å². The summed E-state index contributed by atoms with van der Waals surface area (Å²) in [6.07, 6.45) is 0. The summed E-state index contributed by atoms with van der Waals surface area (Å²) in [4.78, 5) is 24.5. The molecule has 1 N–H and O–H groups in total. The van der Waals surface area contributed by atoms with Gasteiger partial charge in [0.05, 0.1) is 5.56 Å². The normalized spacial score (nSPS) is 10.5. The number of rotatable bonds is 5. The van der Waals surface area contributed by atoms with E-state index in [0.717, 1.165) is 21.9 Å². The number of carbonyl (C=O) groups is 2. The highest BCUT2D eigenvalue weighted by Crippen LogP contribution is 2.23. The van der Waals surface area contributed by atoms with Crippen molar-refractivity contribution in [2.45, 2.75) is 0 Å². The fourth-order valence-corrected chi connectivity index (χ4v) is 3.16. The van der Waals surface area contributed by atoms with Gasteiger partial charge in [-0.2, -0.15) is 0 Å². The number of carbonyl (C=O) groups excluding carboxylic acids is 2. The number of benzene rings is 4. The van der Waals surface area contributed by atoms with Crippen LogP contribution in [0.15, 0.2) is 97.1 Å². The lowest BCUT2D eigenvalue weighted by atomic mass is 10.0. The standard InChI is InChI=1S/C25H19NO3/c27-24(26-23-12-6-10-20-9-4-5-11-22(20)23)17-29-25(28)21-15-13-19(14-16-21)18-7-2-1-3-8-18/h1-16H,17H2,(H,26,27). The van der Waals surface area contributed by atoms with E-state index >= 15 is 0 Å². The van der Waals surface area contributed by atoms with Crippen LogP contribution in [0.4, 0.5) is 5.69 Å². The largest absolute Gasteiger partial charge is 0.452 e. The molecule has 0 aliphatic rings. The maximum atomic E-state index is 12.3. The molecule has 0 spiro atoms. The lowest BCUT2D eigenvalue weighted by Crippen LogP contribution is -2.21. The summed E-state index contributed by atoms with van der Waals surface area (Å²) < 4.78 is 5.17. The molecule has 0 heterocycles. The van der Waals surface area contributed by atoms with E-state index in [1.54, 1.807) is 12.1 Å². The lowest BCUT2D eigenvalue weighted by molar-refractivity contribution is -0.119. The molecule has 1 amide bonds. The number of hydrogen-bond acceptors (Lipinski definition) is 3. The maximum Gasteiger partial charge on any atom is 0.338 e. The molecule has 4 heteroatoms. The fourth-order valence-electron chi connectivity index (χ4n) is 3.16. The van der Waals surface area contributed by atoms with E-state index in [0.29, 0.717) is 11.3 Å². The summed E-state index contributed by atoms with van der Waals surface area (Å²) in [6.45, 7) is -0.345. The average Bonchev–Trinajstić information content (AvgIpc) is 2.78. The second kappa shape index (κ2) is 8.40. The summed E-state index contributed by atoms with van der Waals surface area (Å²) in [5.74, 6) is -0.909. The Hall–Kier alpha value is -3.92. The first-order valence-electron chi connectivity index (χ1n) is 9.31. The van der Waals surface area contributed by atoms with Gasteiger partial charge in [0, 0.05) is 11.1 Å². The molecule has 0 saturated carbocycles. The van der Waals surface area contributed by atoms with Crippen molar-refractivity contribution in [3.8, 4) is 11.1 Å². The van der Waals surface area contributed by atoms with Crippen LogP contribution < -0.4 is 5.32 Å². The number of hydrogen-bond donors (Lipinski definition) is 1. The lowest BCUT2D eigenvalue weighted by Gasteiger charge is -2.09. The number of anilines is 1. The van der Waals surface area contributed by atoms with Gasteiger partial charge in [-0.05, 0) is 34.7 Å². The minimum atomic E-state index is -0.530.